The quantitative estimate of drug-likeness (QED) is 0.876. The highest BCUT2D eigenvalue weighted by atomic mass is 79.9. The maximum absolute atomic E-state index is 13.0. The molecule has 1 aromatic carbocycles. The highest BCUT2D eigenvalue weighted by molar-refractivity contribution is 9.10. The van der Waals surface area contributed by atoms with Gasteiger partial charge in [-0.05, 0) is 43.2 Å². The van der Waals surface area contributed by atoms with Crippen molar-refractivity contribution in [3.05, 3.63) is 55.4 Å². The molecule has 0 radical (unpaired) electrons. The molecule has 2 aromatic rings. The topological polar surface area (TPSA) is 20.2 Å². The first-order valence-corrected chi connectivity index (χ1v) is 7.27. The van der Waals surface area contributed by atoms with E-state index in [-0.39, 0.29) is 5.82 Å². The summed E-state index contributed by atoms with van der Waals surface area (Å²) in [5.41, 5.74) is 1.88. The summed E-state index contributed by atoms with van der Waals surface area (Å²) in [5.74, 6) is -0.275. The monoisotopic (exact) mass is 328 g/mol. The summed E-state index contributed by atoms with van der Waals surface area (Å²) in [4.78, 5) is 2.33. The number of aryl methyl sites for hydroxylation is 2. The van der Waals surface area contributed by atoms with E-state index in [1.54, 1.807) is 17.4 Å². The number of halogens is 2. The molecule has 0 aliphatic rings. The highest BCUT2D eigenvalue weighted by Gasteiger charge is 2.15. The van der Waals surface area contributed by atoms with Gasteiger partial charge in [-0.25, -0.2) is 4.39 Å². The van der Waals surface area contributed by atoms with Crippen molar-refractivity contribution in [3.63, 3.8) is 0 Å². The van der Waals surface area contributed by atoms with Crippen LogP contribution in [-0.4, -0.2) is 5.11 Å². The molecular formula is C14H14BrFOS. The van der Waals surface area contributed by atoms with Crippen molar-refractivity contribution in [3.8, 4) is 0 Å². The SMILES string of the molecule is Cc1cc(C(O)Cc2ccc(F)cc2Br)c(C)s1. The summed E-state index contributed by atoms with van der Waals surface area (Å²) in [6.45, 7) is 4.04. The van der Waals surface area contributed by atoms with Gasteiger partial charge in [-0.15, -0.1) is 11.3 Å². The Hall–Kier alpha value is -0.710. The van der Waals surface area contributed by atoms with Crippen LogP contribution < -0.4 is 0 Å². The Balaban J connectivity index is 2.21. The van der Waals surface area contributed by atoms with Crippen molar-refractivity contribution in [2.75, 3.05) is 0 Å². The Labute approximate surface area is 118 Å². The third-order valence-electron chi connectivity index (χ3n) is 2.87. The Morgan fingerprint density at radius 2 is 2.06 bits per heavy atom. The van der Waals surface area contributed by atoms with E-state index < -0.39 is 6.10 Å². The molecule has 96 valence electrons. The lowest BCUT2D eigenvalue weighted by Crippen LogP contribution is -2.02. The molecule has 1 aromatic heterocycles. The van der Waals surface area contributed by atoms with Gasteiger partial charge in [0.1, 0.15) is 5.82 Å². The fourth-order valence-corrected chi connectivity index (χ4v) is 3.48. The van der Waals surface area contributed by atoms with Gasteiger partial charge in [0.2, 0.25) is 0 Å². The zero-order valence-electron chi connectivity index (χ0n) is 10.2. The molecule has 0 saturated heterocycles. The maximum Gasteiger partial charge on any atom is 0.124 e. The van der Waals surface area contributed by atoms with Crippen LogP contribution in [-0.2, 0) is 6.42 Å². The molecule has 1 N–H and O–H groups in total. The predicted molar refractivity (Wildman–Crippen MR) is 76.6 cm³/mol. The number of aliphatic hydroxyl groups excluding tert-OH is 1. The molecule has 0 amide bonds. The summed E-state index contributed by atoms with van der Waals surface area (Å²) in [5, 5.41) is 10.3. The lowest BCUT2D eigenvalue weighted by Gasteiger charge is -2.12. The predicted octanol–water partition coefficient (Wildman–Crippen LogP) is 4.54. The molecule has 2 rings (SSSR count). The Kier molecular flexibility index (Phi) is 4.20. The molecule has 4 heteroatoms. The van der Waals surface area contributed by atoms with Crippen molar-refractivity contribution in [2.24, 2.45) is 0 Å². The maximum atomic E-state index is 13.0. The molecule has 1 heterocycles. The van der Waals surface area contributed by atoms with Crippen LogP contribution in [0.5, 0.6) is 0 Å². The number of benzene rings is 1. The van der Waals surface area contributed by atoms with Crippen LogP contribution >= 0.6 is 27.3 Å². The van der Waals surface area contributed by atoms with E-state index >= 15 is 0 Å². The van der Waals surface area contributed by atoms with E-state index in [1.165, 1.54) is 17.0 Å². The van der Waals surface area contributed by atoms with E-state index in [4.69, 9.17) is 0 Å². The van der Waals surface area contributed by atoms with Gasteiger partial charge in [0, 0.05) is 20.6 Å². The second-order valence-corrected chi connectivity index (χ2v) is 6.64. The summed E-state index contributed by atoms with van der Waals surface area (Å²) >= 11 is 5.01. The largest absolute Gasteiger partial charge is 0.388 e. The van der Waals surface area contributed by atoms with Gasteiger partial charge in [0.25, 0.3) is 0 Å². The number of thiophene rings is 1. The van der Waals surface area contributed by atoms with E-state index in [9.17, 15) is 9.50 Å². The van der Waals surface area contributed by atoms with Gasteiger partial charge in [-0.3, -0.25) is 0 Å². The Morgan fingerprint density at radius 1 is 1.33 bits per heavy atom. The number of hydrogen-bond acceptors (Lipinski definition) is 2. The van der Waals surface area contributed by atoms with Crippen molar-refractivity contribution < 1.29 is 9.50 Å². The Morgan fingerprint density at radius 3 is 2.61 bits per heavy atom. The Bertz CT molecular complexity index is 565. The van der Waals surface area contributed by atoms with E-state index in [2.05, 4.69) is 15.9 Å². The van der Waals surface area contributed by atoms with E-state index in [1.807, 2.05) is 19.9 Å². The second-order valence-electron chi connectivity index (χ2n) is 4.32. The second kappa shape index (κ2) is 5.51. The highest BCUT2D eigenvalue weighted by Crippen LogP contribution is 2.30. The van der Waals surface area contributed by atoms with Gasteiger partial charge in [0.15, 0.2) is 0 Å². The van der Waals surface area contributed by atoms with Gasteiger partial charge < -0.3 is 5.11 Å². The fraction of sp³-hybridized carbons (Fsp3) is 0.286. The minimum Gasteiger partial charge on any atom is -0.388 e. The minimum absolute atomic E-state index is 0.275. The third kappa shape index (κ3) is 2.99. The van der Waals surface area contributed by atoms with Crippen LogP contribution in [0.2, 0.25) is 0 Å². The van der Waals surface area contributed by atoms with Crippen LogP contribution in [0, 0.1) is 19.7 Å². The van der Waals surface area contributed by atoms with Crippen LogP contribution in [0.4, 0.5) is 4.39 Å². The van der Waals surface area contributed by atoms with Crippen LogP contribution in [0.25, 0.3) is 0 Å². The van der Waals surface area contributed by atoms with Crippen LogP contribution in [0.3, 0.4) is 0 Å². The van der Waals surface area contributed by atoms with Crippen LogP contribution in [0.15, 0.2) is 28.7 Å². The van der Waals surface area contributed by atoms with Crippen molar-refractivity contribution in [1.82, 2.24) is 0 Å². The normalized spacial score (nSPS) is 12.7. The molecule has 1 nitrogen and oxygen atoms in total. The van der Waals surface area contributed by atoms with Gasteiger partial charge >= 0.3 is 0 Å². The van der Waals surface area contributed by atoms with Gasteiger partial charge in [0.05, 0.1) is 6.10 Å². The number of aliphatic hydroxyl groups is 1. The summed E-state index contributed by atoms with van der Waals surface area (Å²) in [7, 11) is 0. The third-order valence-corrected chi connectivity index (χ3v) is 4.59. The lowest BCUT2D eigenvalue weighted by molar-refractivity contribution is 0.178. The average Bonchev–Trinajstić information content (AvgIpc) is 2.62. The lowest BCUT2D eigenvalue weighted by atomic mass is 10.0. The van der Waals surface area contributed by atoms with Crippen molar-refractivity contribution in [2.45, 2.75) is 26.4 Å². The average molecular weight is 329 g/mol. The molecular weight excluding hydrogens is 315 g/mol. The molecule has 1 unspecified atom stereocenters. The minimum atomic E-state index is -0.545. The van der Waals surface area contributed by atoms with Crippen LogP contribution in [0.1, 0.15) is 27.0 Å². The molecule has 1 atom stereocenters. The first kappa shape index (κ1) is 13.7. The molecule has 0 aliphatic heterocycles. The molecule has 0 aliphatic carbocycles. The van der Waals surface area contributed by atoms with E-state index in [0.29, 0.717) is 10.9 Å². The standard InChI is InChI=1S/C14H14BrFOS/c1-8-5-12(9(2)18-8)14(17)6-10-3-4-11(16)7-13(10)15/h3-5,7,14,17H,6H2,1-2H3. The molecule has 0 spiro atoms. The zero-order valence-corrected chi connectivity index (χ0v) is 12.6. The zero-order chi connectivity index (χ0) is 13.3. The molecule has 0 saturated carbocycles. The van der Waals surface area contributed by atoms with Crippen molar-refractivity contribution >= 4 is 27.3 Å². The van der Waals surface area contributed by atoms with Gasteiger partial charge in [-0.2, -0.15) is 0 Å². The summed E-state index contributed by atoms with van der Waals surface area (Å²) in [6.07, 6.45) is -0.0607. The molecule has 18 heavy (non-hydrogen) atoms. The molecule has 0 bridgehead atoms. The first-order chi connectivity index (χ1) is 8.47. The summed E-state index contributed by atoms with van der Waals surface area (Å²) < 4.78 is 13.7. The van der Waals surface area contributed by atoms with Gasteiger partial charge in [-0.1, -0.05) is 22.0 Å². The molecule has 0 fully saturated rings. The number of hydrogen-bond donors (Lipinski definition) is 1. The smallest absolute Gasteiger partial charge is 0.124 e. The fourth-order valence-electron chi connectivity index (χ4n) is 1.99. The first-order valence-electron chi connectivity index (χ1n) is 5.66. The van der Waals surface area contributed by atoms with E-state index in [0.717, 1.165) is 16.0 Å². The van der Waals surface area contributed by atoms with Crippen molar-refractivity contribution in [1.29, 1.82) is 0 Å². The summed E-state index contributed by atoms with van der Waals surface area (Å²) in [6, 6.07) is 6.56. The number of rotatable bonds is 3.